The van der Waals surface area contributed by atoms with Crippen molar-refractivity contribution in [2.75, 3.05) is 19.8 Å². The van der Waals surface area contributed by atoms with E-state index in [2.05, 4.69) is 15.9 Å². The molecule has 1 aromatic rings. The van der Waals surface area contributed by atoms with Gasteiger partial charge in [-0.25, -0.2) is 0 Å². The Balaban J connectivity index is 1.99. The number of nitrogens with two attached hydrogens (primary N) is 1. The summed E-state index contributed by atoms with van der Waals surface area (Å²) in [4.78, 5) is 0. The number of fused-ring (bicyclic) bond motifs is 2. The van der Waals surface area contributed by atoms with Crippen molar-refractivity contribution >= 4 is 15.9 Å². The van der Waals surface area contributed by atoms with E-state index in [0.29, 0.717) is 0 Å². The molecule has 22 heavy (non-hydrogen) atoms. The molecule has 0 spiro atoms. The predicted molar refractivity (Wildman–Crippen MR) is 91.0 cm³/mol. The van der Waals surface area contributed by atoms with Crippen molar-refractivity contribution in [1.29, 1.82) is 0 Å². The molecule has 1 saturated carbocycles. The molecule has 1 aromatic carbocycles. The summed E-state index contributed by atoms with van der Waals surface area (Å²) in [6.45, 7) is 2.36. The molecule has 0 aromatic heterocycles. The first-order valence-corrected chi connectivity index (χ1v) is 9.39. The van der Waals surface area contributed by atoms with Gasteiger partial charge in [0.25, 0.3) is 0 Å². The van der Waals surface area contributed by atoms with Gasteiger partial charge in [0.05, 0.1) is 17.7 Å². The lowest BCUT2D eigenvalue weighted by molar-refractivity contribution is 0.258. The predicted octanol–water partition coefficient (Wildman–Crippen LogP) is 3.87. The van der Waals surface area contributed by atoms with Crippen molar-refractivity contribution in [3.8, 4) is 11.5 Å². The van der Waals surface area contributed by atoms with Crippen molar-refractivity contribution in [1.82, 2.24) is 0 Å². The van der Waals surface area contributed by atoms with Gasteiger partial charge >= 0.3 is 0 Å². The third kappa shape index (κ3) is 2.10. The van der Waals surface area contributed by atoms with E-state index in [-0.39, 0.29) is 5.41 Å². The van der Waals surface area contributed by atoms with Gasteiger partial charge in [-0.3, -0.25) is 0 Å². The van der Waals surface area contributed by atoms with E-state index < -0.39 is 0 Å². The van der Waals surface area contributed by atoms with Crippen LogP contribution in [0.25, 0.3) is 0 Å². The largest absolute Gasteiger partial charge is 0.493 e. The molecule has 1 aliphatic carbocycles. The maximum absolute atomic E-state index is 6.30. The maximum atomic E-state index is 6.30. The summed E-state index contributed by atoms with van der Waals surface area (Å²) < 4.78 is 13.4. The van der Waals surface area contributed by atoms with Crippen LogP contribution in [-0.2, 0) is 18.3 Å². The first kappa shape index (κ1) is 14.8. The Hall–Kier alpha value is -0.740. The van der Waals surface area contributed by atoms with Crippen LogP contribution < -0.4 is 15.2 Å². The molecule has 0 amide bonds. The second-order valence-corrected chi connectivity index (χ2v) is 7.69. The third-order valence-electron chi connectivity index (χ3n) is 5.66. The third-order valence-corrected chi connectivity index (χ3v) is 6.50. The highest BCUT2D eigenvalue weighted by molar-refractivity contribution is 9.10. The zero-order chi connectivity index (χ0) is 15.2. The molecule has 0 atom stereocenters. The number of ether oxygens (including phenoxy) is 2. The second kappa shape index (κ2) is 5.72. The molecule has 0 bridgehead atoms. The first-order chi connectivity index (χ1) is 10.8. The highest BCUT2D eigenvalue weighted by Gasteiger charge is 2.42. The standard InChI is InChI=1S/C18H24BrNO2/c19-15-13-6-4-9-21-16(13)14(12-5-3-10-22-17(12)15)18(11-20)7-1-2-8-18/h1-11,20H2. The summed E-state index contributed by atoms with van der Waals surface area (Å²) in [7, 11) is 0. The van der Waals surface area contributed by atoms with Gasteiger partial charge in [-0.2, -0.15) is 0 Å². The topological polar surface area (TPSA) is 44.5 Å². The summed E-state index contributed by atoms with van der Waals surface area (Å²) in [6.07, 6.45) is 9.25. The van der Waals surface area contributed by atoms with E-state index in [0.717, 1.165) is 61.4 Å². The fourth-order valence-corrected chi connectivity index (χ4v) is 5.29. The molecular weight excluding hydrogens is 342 g/mol. The molecule has 3 nitrogen and oxygen atoms in total. The van der Waals surface area contributed by atoms with Crippen LogP contribution in [0, 0.1) is 0 Å². The van der Waals surface area contributed by atoms with E-state index in [1.807, 2.05) is 0 Å². The molecule has 0 radical (unpaired) electrons. The zero-order valence-electron chi connectivity index (χ0n) is 13.0. The molecule has 3 aliphatic rings. The van der Waals surface area contributed by atoms with Crippen molar-refractivity contribution in [3.05, 3.63) is 21.2 Å². The molecular formula is C18H24BrNO2. The minimum Gasteiger partial charge on any atom is -0.493 e. The normalized spacial score (nSPS) is 22.5. The van der Waals surface area contributed by atoms with Crippen LogP contribution >= 0.6 is 15.9 Å². The number of rotatable bonds is 2. The molecule has 120 valence electrons. The van der Waals surface area contributed by atoms with Gasteiger partial charge in [0.15, 0.2) is 0 Å². The summed E-state index contributed by atoms with van der Waals surface area (Å²) in [5, 5.41) is 0. The molecule has 4 rings (SSSR count). The van der Waals surface area contributed by atoms with Crippen LogP contribution in [0.5, 0.6) is 11.5 Å². The van der Waals surface area contributed by atoms with Gasteiger partial charge in [-0.05, 0) is 54.5 Å². The highest BCUT2D eigenvalue weighted by atomic mass is 79.9. The van der Waals surface area contributed by atoms with Crippen LogP contribution in [0.1, 0.15) is 55.2 Å². The highest BCUT2D eigenvalue weighted by Crippen LogP contribution is 2.53. The Kier molecular flexibility index (Phi) is 3.85. The van der Waals surface area contributed by atoms with Gasteiger partial charge < -0.3 is 15.2 Å². The quantitative estimate of drug-likeness (QED) is 0.864. The fourth-order valence-electron chi connectivity index (χ4n) is 4.56. The van der Waals surface area contributed by atoms with Crippen LogP contribution in [0.4, 0.5) is 0 Å². The van der Waals surface area contributed by atoms with Gasteiger partial charge in [0.1, 0.15) is 11.5 Å². The monoisotopic (exact) mass is 365 g/mol. The second-order valence-electron chi connectivity index (χ2n) is 6.90. The maximum Gasteiger partial charge on any atom is 0.137 e. The number of halogens is 1. The Morgan fingerprint density at radius 3 is 2.23 bits per heavy atom. The summed E-state index contributed by atoms with van der Waals surface area (Å²) in [5.41, 5.74) is 10.5. The lowest BCUT2D eigenvalue weighted by Gasteiger charge is -2.37. The van der Waals surface area contributed by atoms with Crippen LogP contribution in [0.15, 0.2) is 4.47 Å². The Labute approximate surface area is 140 Å². The van der Waals surface area contributed by atoms with Crippen molar-refractivity contribution in [2.24, 2.45) is 5.73 Å². The lowest BCUT2D eigenvalue weighted by atomic mass is 9.73. The zero-order valence-corrected chi connectivity index (χ0v) is 14.6. The Bertz CT molecular complexity index is 556. The van der Waals surface area contributed by atoms with E-state index in [1.165, 1.54) is 42.4 Å². The molecule has 2 aliphatic heterocycles. The summed E-state index contributed by atoms with van der Waals surface area (Å²) >= 11 is 3.80. The Morgan fingerprint density at radius 2 is 1.55 bits per heavy atom. The van der Waals surface area contributed by atoms with Gasteiger partial charge in [-0.1, -0.05) is 12.8 Å². The molecule has 4 heteroatoms. The van der Waals surface area contributed by atoms with Crippen LogP contribution in [0.3, 0.4) is 0 Å². The van der Waals surface area contributed by atoms with Crippen LogP contribution in [-0.4, -0.2) is 19.8 Å². The van der Waals surface area contributed by atoms with E-state index in [4.69, 9.17) is 15.2 Å². The van der Waals surface area contributed by atoms with Crippen molar-refractivity contribution in [2.45, 2.75) is 56.8 Å². The number of benzene rings is 1. The molecule has 0 saturated heterocycles. The minimum atomic E-state index is 0.104. The molecule has 0 unspecified atom stereocenters. The SMILES string of the molecule is NCC1(c2c3c(c(Br)c4c2OCCC4)OCCC3)CCCC1. The number of hydrogen-bond acceptors (Lipinski definition) is 3. The molecule has 2 heterocycles. The van der Waals surface area contributed by atoms with Crippen LogP contribution in [0.2, 0.25) is 0 Å². The molecule has 1 fully saturated rings. The summed E-state index contributed by atoms with van der Waals surface area (Å²) in [5.74, 6) is 2.21. The van der Waals surface area contributed by atoms with Crippen molar-refractivity contribution in [3.63, 3.8) is 0 Å². The number of hydrogen-bond donors (Lipinski definition) is 1. The smallest absolute Gasteiger partial charge is 0.137 e. The van der Waals surface area contributed by atoms with Gasteiger partial charge in [0.2, 0.25) is 0 Å². The molecule has 2 N–H and O–H groups in total. The minimum absolute atomic E-state index is 0.104. The average Bonchev–Trinajstić information content (AvgIpc) is 3.05. The van der Waals surface area contributed by atoms with E-state index in [1.54, 1.807) is 0 Å². The van der Waals surface area contributed by atoms with E-state index in [9.17, 15) is 0 Å². The summed E-state index contributed by atoms with van der Waals surface area (Å²) in [6, 6.07) is 0. The van der Waals surface area contributed by atoms with Crippen molar-refractivity contribution < 1.29 is 9.47 Å². The lowest BCUT2D eigenvalue weighted by Crippen LogP contribution is -2.35. The van der Waals surface area contributed by atoms with E-state index >= 15 is 0 Å². The Morgan fingerprint density at radius 1 is 0.909 bits per heavy atom. The first-order valence-electron chi connectivity index (χ1n) is 8.60. The average molecular weight is 366 g/mol. The fraction of sp³-hybridized carbons (Fsp3) is 0.667. The van der Waals surface area contributed by atoms with Gasteiger partial charge in [0, 0.05) is 28.7 Å². The van der Waals surface area contributed by atoms with Gasteiger partial charge in [-0.15, -0.1) is 0 Å².